The SMILES string of the molecule is Cc1ccc(S(=O)(=O)Nc2ccc(N)cn2)o1. The molecule has 17 heavy (non-hydrogen) atoms. The zero-order chi connectivity index (χ0) is 12.5. The first-order valence-corrected chi connectivity index (χ1v) is 6.26. The minimum atomic E-state index is -3.73. The van der Waals surface area contributed by atoms with E-state index in [1.54, 1.807) is 19.1 Å². The van der Waals surface area contributed by atoms with Gasteiger partial charge < -0.3 is 10.2 Å². The van der Waals surface area contributed by atoms with Crippen molar-refractivity contribution in [3.63, 3.8) is 0 Å². The Morgan fingerprint density at radius 1 is 1.29 bits per heavy atom. The highest BCUT2D eigenvalue weighted by Gasteiger charge is 2.18. The largest absolute Gasteiger partial charge is 0.448 e. The van der Waals surface area contributed by atoms with Crippen molar-refractivity contribution in [1.82, 2.24) is 4.98 Å². The van der Waals surface area contributed by atoms with Gasteiger partial charge in [0.25, 0.3) is 10.0 Å². The molecule has 0 spiro atoms. The number of furan rings is 1. The van der Waals surface area contributed by atoms with E-state index in [2.05, 4.69) is 9.71 Å². The molecular formula is C10H11N3O3S. The van der Waals surface area contributed by atoms with Crippen LogP contribution in [0.4, 0.5) is 11.5 Å². The summed E-state index contributed by atoms with van der Waals surface area (Å²) in [6.07, 6.45) is 1.37. The van der Waals surface area contributed by atoms with Crippen LogP contribution in [0.2, 0.25) is 0 Å². The normalized spacial score (nSPS) is 11.4. The molecule has 0 unspecified atom stereocenters. The molecule has 7 heteroatoms. The molecule has 0 aromatic carbocycles. The van der Waals surface area contributed by atoms with Crippen molar-refractivity contribution in [3.05, 3.63) is 36.2 Å². The predicted molar refractivity (Wildman–Crippen MR) is 62.9 cm³/mol. The molecule has 0 aliphatic carbocycles. The number of aromatic nitrogens is 1. The van der Waals surface area contributed by atoms with Crippen LogP contribution < -0.4 is 10.5 Å². The van der Waals surface area contributed by atoms with Crippen LogP contribution in [0.5, 0.6) is 0 Å². The highest BCUT2D eigenvalue weighted by Crippen LogP contribution is 2.17. The molecule has 6 nitrogen and oxygen atoms in total. The molecule has 0 aliphatic heterocycles. The van der Waals surface area contributed by atoms with E-state index >= 15 is 0 Å². The van der Waals surface area contributed by atoms with Crippen LogP contribution in [0.15, 0.2) is 40.0 Å². The van der Waals surface area contributed by atoms with Crippen LogP contribution in [0.3, 0.4) is 0 Å². The van der Waals surface area contributed by atoms with E-state index < -0.39 is 10.0 Å². The number of rotatable bonds is 3. The molecule has 0 atom stereocenters. The molecular weight excluding hydrogens is 242 g/mol. The lowest BCUT2D eigenvalue weighted by Crippen LogP contribution is -2.13. The minimum Gasteiger partial charge on any atom is -0.448 e. The van der Waals surface area contributed by atoms with Crippen molar-refractivity contribution in [2.75, 3.05) is 10.5 Å². The van der Waals surface area contributed by atoms with Crippen molar-refractivity contribution >= 4 is 21.5 Å². The third kappa shape index (κ3) is 2.56. The molecule has 90 valence electrons. The number of nitrogens with zero attached hydrogens (tertiary/aromatic N) is 1. The van der Waals surface area contributed by atoms with E-state index in [9.17, 15) is 8.42 Å². The lowest BCUT2D eigenvalue weighted by molar-refractivity contribution is 0.430. The van der Waals surface area contributed by atoms with Gasteiger partial charge in [-0.25, -0.2) is 4.98 Å². The fourth-order valence-corrected chi connectivity index (χ4v) is 2.20. The molecule has 0 amide bonds. The third-order valence-corrected chi connectivity index (χ3v) is 3.23. The number of hydrogen-bond donors (Lipinski definition) is 2. The standard InChI is InChI=1S/C10H11N3O3S/c1-7-2-5-10(16-7)17(14,15)13-9-4-3-8(11)6-12-9/h2-6H,11H2,1H3,(H,12,13). The van der Waals surface area contributed by atoms with E-state index in [0.29, 0.717) is 11.4 Å². The fraction of sp³-hybridized carbons (Fsp3) is 0.100. The maximum Gasteiger partial charge on any atom is 0.296 e. The lowest BCUT2D eigenvalue weighted by atomic mass is 10.4. The first-order chi connectivity index (χ1) is 7.97. The van der Waals surface area contributed by atoms with Crippen molar-refractivity contribution in [3.8, 4) is 0 Å². The zero-order valence-corrected chi connectivity index (χ0v) is 9.86. The highest BCUT2D eigenvalue weighted by molar-refractivity contribution is 7.92. The minimum absolute atomic E-state index is 0.145. The second-order valence-corrected chi connectivity index (χ2v) is 5.06. The van der Waals surface area contributed by atoms with Crippen LogP contribution in [-0.4, -0.2) is 13.4 Å². The fourth-order valence-electron chi connectivity index (χ4n) is 1.21. The third-order valence-electron chi connectivity index (χ3n) is 2.01. The summed E-state index contributed by atoms with van der Waals surface area (Å²) in [5.41, 5.74) is 5.91. The van der Waals surface area contributed by atoms with E-state index in [1.165, 1.54) is 18.3 Å². The molecule has 0 fully saturated rings. The number of nitrogen functional groups attached to an aromatic ring is 1. The number of pyridine rings is 1. The van der Waals surface area contributed by atoms with E-state index in [-0.39, 0.29) is 10.9 Å². The van der Waals surface area contributed by atoms with Crippen LogP contribution >= 0.6 is 0 Å². The maximum absolute atomic E-state index is 11.8. The van der Waals surface area contributed by atoms with Crippen molar-refractivity contribution in [2.45, 2.75) is 12.0 Å². The van der Waals surface area contributed by atoms with Gasteiger partial charge in [-0.05, 0) is 31.2 Å². The quantitative estimate of drug-likeness (QED) is 0.860. The summed E-state index contributed by atoms with van der Waals surface area (Å²) < 4.78 is 31.0. The average molecular weight is 253 g/mol. The number of aryl methyl sites for hydroxylation is 1. The molecule has 2 aromatic rings. The number of hydrogen-bond acceptors (Lipinski definition) is 5. The monoisotopic (exact) mass is 253 g/mol. The topological polar surface area (TPSA) is 98.2 Å². The molecule has 2 aromatic heterocycles. The van der Waals surface area contributed by atoms with Gasteiger partial charge >= 0.3 is 0 Å². The van der Waals surface area contributed by atoms with Gasteiger partial charge in [-0.3, -0.25) is 4.72 Å². The second-order valence-electron chi connectivity index (χ2n) is 3.45. The first kappa shape index (κ1) is 11.5. The number of nitrogens with one attached hydrogen (secondary N) is 1. The van der Waals surface area contributed by atoms with Gasteiger partial charge in [0.05, 0.1) is 11.9 Å². The van der Waals surface area contributed by atoms with Gasteiger partial charge in [-0.15, -0.1) is 0 Å². The van der Waals surface area contributed by atoms with Crippen LogP contribution in [0, 0.1) is 6.92 Å². The first-order valence-electron chi connectivity index (χ1n) is 4.78. The molecule has 0 bridgehead atoms. The molecule has 0 saturated heterocycles. The Morgan fingerprint density at radius 2 is 2.06 bits per heavy atom. The van der Waals surface area contributed by atoms with Gasteiger partial charge in [0.15, 0.2) is 0 Å². The Morgan fingerprint density at radius 3 is 2.59 bits per heavy atom. The maximum atomic E-state index is 11.8. The van der Waals surface area contributed by atoms with Crippen molar-refractivity contribution < 1.29 is 12.8 Å². The molecule has 2 rings (SSSR count). The molecule has 0 saturated carbocycles. The van der Waals surface area contributed by atoms with E-state index in [0.717, 1.165) is 0 Å². The number of nitrogens with two attached hydrogens (primary N) is 1. The lowest BCUT2D eigenvalue weighted by Gasteiger charge is -2.04. The van der Waals surface area contributed by atoms with Gasteiger partial charge in [-0.2, -0.15) is 8.42 Å². The second kappa shape index (κ2) is 4.10. The molecule has 0 radical (unpaired) electrons. The Balaban J connectivity index is 2.26. The van der Waals surface area contributed by atoms with Gasteiger partial charge in [0, 0.05) is 0 Å². The number of sulfonamides is 1. The van der Waals surface area contributed by atoms with Crippen LogP contribution in [0.25, 0.3) is 0 Å². The zero-order valence-electron chi connectivity index (χ0n) is 9.04. The Kier molecular flexibility index (Phi) is 2.76. The smallest absolute Gasteiger partial charge is 0.296 e. The Labute approximate surface area is 98.5 Å². The predicted octanol–water partition coefficient (Wildman–Crippen LogP) is 1.37. The van der Waals surface area contributed by atoms with Gasteiger partial charge in [-0.1, -0.05) is 0 Å². The summed E-state index contributed by atoms with van der Waals surface area (Å²) in [5, 5.41) is -0.145. The Bertz CT molecular complexity index is 617. The van der Waals surface area contributed by atoms with Crippen molar-refractivity contribution in [2.24, 2.45) is 0 Å². The number of anilines is 2. The van der Waals surface area contributed by atoms with Gasteiger partial charge in [0.2, 0.25) is 5.09 Å². The summed E-state index contributed by atoms with van der Waals surface area (Å²) in [6.45, 7) is 1.67. The molecule has 0 aliphatic rings. The van der Waals surface area contributed by atoms with Crippen LogP contribution in [0.1, 0.15) is 5.76 Å². The highest BCUT2D eigenvalue weighted by atomic mass is 32.2. The molecule has 3 N–H and O–H groups in total. The summed E-state index contributed by atoms with van der Waals surface area (Å²) in [5.74, 6) is 0.712. The van der Waals surface area contributed by atoms with Gasteiger partial charge in [0.1, 0.15) is 11.6 Å². The summed E-state index contributed by atoms with van der Waals surface area (Å²) in [6, 6.07) is 5.99. The summed E-state index contributed by atoms with van der Waals surface area (Å²) in [4.78, 5) is 3.84. The van der Waals surface area contributed by atoms with E-state index in [4.69, 9.17) is 10.2 Å². The summed E-state index contributed by atoms with van der Waals surface area (Å²) in [7, 11) is -3.73. The Hall–Kier alpha value is -2.02. The van der Waals surface area contributed by atoms with Crippen molar-refractivity contribution in [1.29, 1.82) is 0 Å². The van der Waals surface area contributed by atoms with Crippen LogP contribution in [-0.2, 0) is 10.0 Å². The summed E-state index contributed by atoms with van der Waals surface area (Å²) >= 11 is 0. The molecule has 2 heterocycles. The average Bonchev–Trinajstić information content (AvgIpc) is 2.69. The van der Waals surface area contributed by atoms with E-state index in [1.807, 2.05) is 0 Å².